The first kappa shape index (κ1) is 32.2. The van der Waals surface area contributed by atoms with Crippen molar-refractivity contribution in [3.05, 3.63) is 132 Å². The van der Waals surface area contributed by atoms with Crippen molar-refractivity contribution in [2.75, 3.05) is 19.6 Å². The number of amides is 3. The summed E-state index contributed by atoms with van der Waals surface area (Å²) < 4.78 is 1.02. The van der Waals surface area contributed by atoms with E-state index in [0.717, 1.165) is 37.5 Å². The van der Waals surface area contributed by atoms with Crippen LogP contribution in [0.25, 0.3) is 20.8 Å². The van der Waals surface area contributed by atoms with E-state index in [1.807, 2.05) is 78.9 Å². The van der Waals surface area contributed by atoms with Gasteiger partial charge in [0.1, 0.15) is 23.0 Å². The van der Waals surface area contributed by atoms with Crippen LogP contribution in [0.15, 0.2) is 116 Å². The minimum atomic E-state index is -0.847. The zero-order chi connectivity index (χ0) is 33.9. The van der Waals surface area contributed by atoms with Gasteiger partial charge in [-0.05, 0) is 41.3 Å². The summed E-state index contributed by atoms with van der Waals surface area (Å²) in [6.45, 7) is 4.57. The predicted molar refractivity (Wildman–Crippen MR) is 190 cm³/mol. The van der Waals surface area contributed by atoms with Gasteiger partial charge in [0.05, 0.1) is 23.3 Å². The summed E-state index contributed by atoms with van der Waals surface area (Å²) in [5, 5.41) is 14.3. The van der Waals surface area contributed by atoms with E-state index in [1.54, 1.807) is 61.5 Å². The highest BCUT2D eigenvalue weighted by Gasteiger charge is 2.51. The standard InChI is InChI=1S/C39H37N5O4S/c1-2-22-42-26-36(47)43-32(23-28-16-19-31(45)20-17-28)39(48)41(25-34(43)44(42)35(46)21-18-27-10-5-3-6-11-27)24-30-14-9-15-33-37(30)40-38(49-33)29-12-7-4-8-13-29/h2-17,19-20,32,34,45H,1,18,21-26H2/t32-,34-/m0/s1. The number of carbonyl (C=O) groups is 3. The van der Waals surface area contributed by atoms with E-state index in [-0.39, 0.29) is 55.9 Å². The maximum Gasteiger partial charge on any atom is 0.246 e. The van der Waals surface area contributed by atoms with Crippen molar-refractivity contribution in [1.29, 1.82) is 0 Å². The van der Waals surface area contributed by atoms with Gasteiger partial charge < -0.3 is 14.9 Å². The molecule has 3 heterocycles. The smallest absolute Gasteiger partial charge is 0.246 e. The van der Waals surface area contributed by atoms with Crippen LogP contribution in [0.3, 0.4) is 0 Å². The van der Waals surface area contributed by atoms with Gasteiger partial charge in [-0.1, -0.05) is 91.0 Å². The Morgan fingerprint density at radius 3 is 2.39 bits per heavy atom. The molecule has 2 saturated heterocycles. The van der Waals surface area contributed by atoms with E-state index >= 15 is 0 Å². The topological polar surface area (TPSA) is 97.3 Å². The Morgan fingerprint density at radius 1 is 0.918 bits per heavy atom. The van der Waals surface area contributed by atoms with Crippen LogP contribution >= 0.6 is 11.3 Å². The number of hydrazine groups is 1. The molecule has 10 heteroatoms. The number of para-hydroxylation sites is 1. The minimum absolute atomic E-state index is 0.0423. The van der Waals surface area contributed by atoms with Crippen LogP contribution in [-0.4, -0.2) is 79.5 Å². The highest BCUT2D eigenvalue weighted by atomic mass is 32.1. The molecule has 3 amide bonds. The van der Waals surface area contributed by atoms with Crippen molar-refractivity contribution >= 4 is 39.3 Å². The van der Waals surface area contributed by atoms with Crippen LogP contribution in [0.2, 0.25) is 0 Å². The van der Waals surface area contributed by atoms with Crippen LogP contribution in [-0.2, 0) is 33.8 Å². The largest absolute Gasteiger partial charge is 0.508 e. The lowest BCUT2D eigenvalue weighted by Crippen LogP contribution is -2.75. The first-order valence-electron chi connectivity index (χ1n) is 16.4. The summed E-state index contributed by atoms with van der Waals surface area (Å²) in [5.74, 6) is -0.416. The predicted octanol–water partition coefficient (Wildman–Crippen LogP) is 5.66. The zero-order valence-corrected chi connectivity index (χ0v) is 27.8. The minimum Gasteiger partial charge on any atom is -0.508 e. The Hall–Kier alpha value is -5.32. The first-order valence-corrected chi connectivity index (χ1v) is 17.2. The fraction of sp³-hybridized carbons (Fsp3) is 0.231. The molecule has 2 atom stereocenters. The zero-order valence-electron chi connectivity index (χ0n) is 27.0. The third-order valence-electron chi connectivity index (χ3n) is 9.15. The maximum absolute atomic E-state index is 14.5. The summed E-state index contributed by atoms with van der Waals surface area (Å²) in [7, 11) is 0. The second-order valence-electron chi connectivity index (χ2n) is 12.4. The van der Waals surface area contributed by atoms with Crippen LogP contribution in [0.1, 0.15) is 23.1 Å². The SMILES string of the molecule is C=CCN1CC(=O)N2[C@@H](Cc3ccc(O)cc3)C(=O)N(Cc3cccc4sc(-c5ccccc5)nc34)C[C@@H]2N1C(=O)CCc1ccccc1. The number of hydrogen-bond acceptors (Lipinski definition) is 7. The highest BCUT2D eigenvalue weighted by molar-refractivity contribution is 7.21. The molecule has 9 nitrogen and oxygen atoms in total. The van der Waals surface area contributed by atoms with Crippen molar-refractivity contribution in [3.63, 3.8) is 0 Å². The Kier molecular flexibility index (Phi) is 9.23. The molecule has 2 aliphatic rings. The molecule has 1 N–H and O–H groups in total. The van der Waals surface area contributed by atoms with Crippen LogP contribution in [0, 0.1) is 0 Å². The van der Waals surface area contributed by atoms with Gasteiger partial charge in [0.2, 0.25) is 17.7 Å². The Balaban J connectivity index is 1.25. The third-order valence-corrected chi connectivity index (χ3v) is 10.2. The maximum atomic E-state index is 14.5. The molecule has 0 spiro atoms. The molecular formula is C39H37N5O4S. The number of benzene rings is 4. The third kappa shape index (κ3) is 6.70. The molecule has 5 aromatic rings. The van der Waals surface area contributed by atoms with E-state index in [2.05, 4.69) is 6.58 Å². The van der Waals surface area contributed by atoms with Crippen molar-refractivity contribution in [1.82, 2.24) is 24.8 Å². The number of phenolic OH excluding ortho intramolecular Hbond substituents is 1. The van der Waals surface area contributed by atoms with Crippen molar-refractivity contribution < 1.29 is 19.5 Å². The van der Waals surface area contributed by atoms with Crippen LogP contribution in [0.5, 0.6) is 5.75 Å². The number of aromatic hydroxyl groups is 1. The molecule has 0 saturated carbocycles. The molecule has 0 unspecified atom stereocenters. The monoisotopic (exact) mass is 671 g/mol. The van der Waals surface area contributed by atoms with Crippen LogP contribution < -0.4 is 0 Å². The van der Waals surface area contributed by atoms with Gasteiger partial charge >= 0.3 is 0 Å². The number of carbonyl (C=O) groups excluding carboxylic acids is 3. The van der Waals surface area contributed by atoms with Gasteiger partial charge in [-0.3, -0.25) is 14.4 Å². The van der Waals surface area contributed by atoms with Gasteiger partial charge in [0.15, 0.2) is 0 Å². The number of fused-ring (bicyclic) bond motifs is 2. The number of piperazine rings is 1. The number of nitrogens with zero attached hydrogens (tertiary/aromatic N) is 5. The summed E-state index contributed by atoms with van der Waals surface area (Å²) in [6.07, 6.45) is 2.01. The van der Waals surface area contributed by atoms with Gasteiger partial charge in [-0.25, -0.2) is 15.0 Å². The molecule has 4 aromatic carbocycles. The van der Waals surface area contributed by atoms with Gasteiger partial charge in [0, 0.05) is 31.5 Å². The van der Waals surface area contributed by atoms with Crippen molar-refractivity contribution in [3.8, 4) is 16.3 Å². The van der Waals surface area contributed by atoms with E-state index in [9.17, 15) is 19.5 Å². The second-order valence-corrected chi connectivity index (χ2v) is 13.4. The molecule has 7 rings (SSSR count). The lowest BCUT2D eigenvalue weighted by atomic mass is 9.98. The van der Waals surface area contributed by atoms with Crippen molar-refractivity contribution in [2.45, 2.75) is 38.0 Å². The molecule has 0 aliphatic carbocycles. The lowest BCUT2D eigenvalue weighted by molar-refractivity contribution is -0.205. The van der Waals surface area contributed by atoms with E-state index in [1.165, 1.54) is 0 Å². The number of rotatable bonds is 10. The number of hydrogen-bond donors (Lipinski definition) is 1. The van der Waals surface area contributed by atoms with Crippen molar-refractivity contribution in [2.24, 2.45) is 0 Å². The molecule has 1 aromatic heterocycles. The van der Waals surface area contributed by atoms with Gasteiger partial charge in [0.25, 0.3) is 0 Å². The first-order chi connectivity index (χ1) is 23.9. The summed E-state index contributed by atoms with van der Waals surface area (Å²) >= 11 is 1.61. The summed E-state index contributed by atoms with van der Waals surface area (Å²) in [6, 6.07) is 31.7. The normalized spacial score (nSPS) is 18.2. The lowest BCUT2D eigenvalue weighted by Gasteiger charge is -2.55. The van der Waals surface area contributed by atoms with Gasteiger partial charge in [-0.2, -0.15) is 0 Å². The molecule has 49 heavy (non-hydrogen) atoms. The van der Waals surface area contributed by atoms with E-state index < -0.39 is 12.2 Å². The molecule has 248 valence electrons. The fourth-order valence-electron chi connectivity index (χ4n) is 6.81. The Labute approximate surface area is 289 Å². The van der Waals surface area contributed by atoms with E-state index in [0.29, 0.717) is 13.0 Å². The number of aromatic nitrogens is 1. The number of aryl methyl sites for hydroxylation is 1. The average Bonchev–Trinajstić information content (AvgIpc) is 3.57. The highest BCUT2D eigenvalue weighted by Crippen LogP contribution is 2.34. The van der Waals surface area contributed by atoms with E-state index in [4.69, 9.17) is 4.98 Å². The Bertz CT molecular complexity index is 1980. The molecule has 2 aliphatic heterocycles. The quantitative estimate of drug-likeness (QED) is 0.193. The van der Waals surface area contributed by atoms with Gasteiger partial charge in [-0.15, -0.1) is 17.9 Å². The molecule has 2 fully saturated rings. The molecular weight excluding hydrogens is 635 g/mol. The second kappa shape index (κ2) is 14.0. The Morgan fingerprint density at radius 2 is 1.65 bits per heavy atom. The molecule has 0 bridgehead atoms. The fourth-order valence-corrected chi connectivity index (χ4v) is 7.83. The average molecular weight is 672 g/mol. The number of thiazole rings is 1. The van der Waals surface area contributed by atoms with Crippen LogP contribution in [0.4, 0.5) is 0 Å². The molecule has 0 radical (unpaired) electrons. The number of phenols is 1. The summed E-state index contributed by atoms with van der Waals surface area (Å²) in [4.78, 5) is 51.0. The summed E-state index contributed by atoms with van der Waals surface area (Å²) in [5.41, 5.74) is 4.61.